The predicted octanol–water partition coefficient (Wildman–Crippen LogP) is 14.6. The van der Waals surface area contributed by atoms with Gasteiger partial charge in [0, 0.05) is 22.3 Å². The van der Waals surface area contributed by atoms with Crippen molar-refractivity contribution in [2.45, 2.75) is 174 Å². The molecular formula is C43H68N2Ni. The van der Waals surface area contributed by atoms with E-state index >= 15 is 0 Å². The molecule has 260 valence electrons. The Morgan fingerprint density at radius 1 is 0.478 bits per heavy atom. The van der Waals surface area contributed by atoms with Gasteiger partial charge in [-0.3, -0.25) is 0 Å². The van der Waals surface area contributed by atoms with Crippen molar-refractivity contribution >= 4 is 11.4 Å². The van der Waals surface area contributed by atoms with Crippen LogP contribution >= 0.6 is 0 Å². The predicted molar refractivity (Wildman–Crippen MR) is 200 cm³/mol. The molecule has 3 rings (SSSR count). The zero-order valence-electron chi connectivity index (χ0n) is 30.7. The van der Waals surface area contributed by atoms with Crippen LogP contribution in [0.15, 0.2) is 59.7 Å². The zero-order valence-corrected chi connectivity index (χ0v) is 31.7. The molecule has 2 aromatic carbocycles. The van der Waals surface area contributed by atoms with Crippen LogP contribution in [0.3, 0.4) is 0 Å². The monoisotopic (exact) mass is 670 g/mol. The summed E-state index contributed by atoms with van der Waals surface area (Å²) in [4.78, 5) is 0. The number of aryl methyl sites for hydroxylation is 2. The number of rotatable bonds is 23. The molecule has 3 heteroatoms. The standard InChI is InChI=1S/C37H54N2.2C3H7.Ni/c1-5-9-13-16-20-30-22-18-24-32(28-30)36-34(26-12-8-4)35(27-15-11-7-3)37(39(36)38)33-25-19-23-31(29-33)21-17-14-10-6-2;2*1-3-2;/h18-19,22-25,28-29H,5-17,20-21,26-27H2,1-4H3;2*1,3H2,2H3;. The number of benzene rings is 2. The minimum absolute atomic E-state index is 1.02. The molecule has 0 aliphatic carbocycles. The molecule has 0 bridgehead atoms. The van der Waals surface area contributed by atoms with Crippen LogP contribution in [0.1, 0.15) is 173 Å². The van der Waals surface area contributed by atoms with E-state index in [1.807, 2.05) is 14.4 Å². The molecule has 0 N–H and O–H groups in total. The summed E-state index contributed by atoms with van der Waals surface area (Å²) < 4.78 is 1.57. The number of unbranched alkanes of at least 4 members (excludes halogenated alkanes) is 9. The van der Waals surface area contributed by atoms with Crippen LogP contribution in [-0.2, 0) is 27.3 Å². The Morgan fingerprint density at radius 3 is 1.33 bits per heavy atom. The summed E-state index contributed by atoms with van der Waals surface area (Å²) in [5.74, 6) is 0. The van der Waals surface area contributed by atoms with E-state index in [1.165, 1.54) is 117 Å². The van der Waals surface area contributed by atoms with E-state index in [0.717, 1.165) is 61.0 Å². The first-order chi connectivity index (χ1) is 22.6. The van der Waals surface area contributed by atoms with E-state index in [2.05, 4.69) is 90.1 Å². The third kappa shape index (κ3) is 14.0. The van der Waals surface area contributed by atoms with Crippen molar-refractivity contribution in [3.05, 3.63) is 87.5 Å². The second-order valence-corrected chi connectivity index (χ2v) is 14.5. The summed E-state index contributed by atoms with van der Waals surface area (Å²) in [6.07, 6.45) is 23.0. The molecule has 2 nitrogen and oxygen atoms in total. The maximum absolute atomic E-state index is 11.9. The second-order valence-electron chi connectivity index (χ2n) is 13.0. The Bertz CT molecular complexity index is 1190. The molecule has 0 fully saturated rings. The van der Waals surface area contributed by atoms with Gasteiger partial charge in [-0.25, -0.2) is 4.70 Å². The number of allylic oxidation sites excluding steroid dienone is 2. The summed E-state index contributed by atoms with van der Waals surface area (Å²) in [5.41, 5.74) is 21.8. The van der Waals surface area contributed by atoms with E-state index in [1.54, 1.807) is 4.70 Å². The van der Waals surface area contributed by atoms with Gasteiger partial charge in [0.15, 0.2) is 0 Å². The first-order valence-corrected chi connectivity index (χ1v) is 20.5. The number of hydrogen-bond acceptors (Lipinski definition) is 0. The van der Waals surface area contributed by atoms with Crippen molar-refractivity contribution < 1.29 is 19.1 Å². The summed E-state index contributed by atoms with van der Waals surface area (Å²) in [6, 6.07) is 18.0. The van der Waals surface area contributed by atoms with Gasteiger partial charge in [-0.05, 0) is 86.8 Å². The van der Waals surface area contributed by atoms with Gasteiger partial charge in [0.25, 0.3) is 0 Å². The van der Waals surface area contributed by atoms with Crippen LogP contribution in [0.5, 0.6) is 0 Å². The third-order valence-corrected chi connectivity index (χ3v) is 10.4. The average Bonchev–Trinajstić information content (AvgIpc) is 3.35. The van der Waals surface area contributed by atoms with Crippen LogP contribution in [0.25, 0.3) is 16.9 Å². The summed E-state index contributed by atoms with van der Waals surface area (Å²) in [5, 5.41) is 2.72. The molecule has 0 aromatic heterocycles. The Balaban J connectivity index is 0.000000942. The van der Waals surface area contributed by atoms with Crippen LogP contribution < -0.4 is 0 Å². The average molecular weight is 672 g/mol. The van der Waals surface area contributed by atoms with E-state index in [-0.39, 0.29) is 0 Å². The summed E-state index contributed by atoms with van der Waals surface area (Å²) >= 11 is 1.90. The van der Waals surface area contributed by atoms with E-state index in [4.69, 9.17) is 0 Å². The van der Waals surface area contributed by atoms with E-state index in [0.29, 0.717) is 0 Å². The zero-order chi connectivity index (χ0) is 33.4. The maximum atomic E-state index is 11.9. The minimum atomic E-state index is 1.02. The molecule has 0 saturated heterocycles. The molecule has 0 spiro atoms. The van der Waals surface area contributed by atoms with Gasteiger partial charge in [-0.15, -0.1) is 0 Å². The molecule has 1 heterocycles. The Morgan fingerprint density at radius 2 is 0.891 bits per heavy atom. The van der Waals surface area contributed by atoms with Gasteiger partial charge in [-0.1, -0.05) is 110 Å². The van der Waals surface area contributed by atoms with Crippen molar-refractivity contribution in [3.63, 3.8) is 0 Å². The quantitative estimate of drug-likeness (QED) is 0.0638. The molecule has 0 unspecified atom stereocenters. The van der Waals surface area contributed by atoms with Crippen LogP contribution in [0, 0.1) is 0 Å². The van der Waals surface area contributed by atoms with Gasteiger partial charge < -0.3 is 5.53 Å². The fourth-order valence-electron chi connectivity index (χ4n) is 6.25. The fourth-order valence-corrected chi connectivity index (χ4v) is 7.20. The van der Waals surface area contributed by atoms with Crippen molar-refractivity contribution in [1.82, 2.24) is 0 Å². The third-order valence-electron chi connectivity index (χ3n) is 8.75. The SMILES string of the molecule is CCCCCCc1cccc(C2=C(CCCC)C(CCCCC)=C(c3cccc(CCCCCC)c3)[N+]2=[N-])c1.CC[CH2][Ni][CH2]CC. The van der Waals surface area contributed by atoms with Crippen LogP contribution in [0.2, 0.25) is 10.8 Å². The molecule has 2 aromatic rings. The van der Waals surface area contributed by atoms with Crippen LogP contribution in [-0.4, -0.2) is 4.70 Å². The van der Waals surface area contributed by atoms with Crippen molar-refractivity contribution in [2.75, 3.05) is 0 Å². The molecule has 0 atom stereocenters. The van der Waals surface area contributed by atoms with Gasteiger partial charge in [0.2, 0.25) is 11.4 Å². The van der Waals surface area contributed by atoms with E-state index in [9.17, 15) is 5.53 Å². The van der Waals surface area contributed by atoms with Crippen LogP contribution in [0.4, 0.5) is 0 Å². The Kier molecular flexibility index (Phi) is 21.9. The van der Waals surface area contributed by atoms with Crippen molar-refractivity contribution in [1.29, 1.82) is 0 Å². The Labute approximate surface area is 291 Å². The molecule has 0 amide bonds. The fraction of sp³-hybridized carbons (Fsp3) is 0.628. The first-order valence-electron chi connectivity index (χ1n) is 19.1. The Hall–Kier alpha value is -1.99. The molecular weight excluding hydrogens is 603 g/mol. The first kappa shape index (κ1) is 40.2. The van der Waals surface area contributed by atoms with Gasteiger partial charge in [0.05, 0.1) is 0 Å². The molecule has 1 aliphatic heterocycles. The van der Waals surface area contributed by atoms with Crippen molar-refractivity contribution in [3.8, 4) is 0 Å². The van der Waals surface area contributed by atoms with Gasteiger partial charge >= 0.3 is 51.9 Å². The molecule has 1 aliphatic rings. The number of nitrogens with zero attached hydrogens (tertiary/aromatic N) is 2. The van der Waals surface area contributed by atoms with E-state index < -0.39 is 0 Å². The summed E-state index contributed by atoms with van der Waals surface area (Å²) in [6.45, 7) is 13.5. The van der Waals surface area contributed by atoms with Gasteiger partial charge in [0.1, 0.15) is 0 Å². The molecule has 0 saturated carbocycles. The second kappa shape index (κ2) is 25.1. The summed E-state index contributed by atoms with van der Waals surface area (Å²) in [7, 11) is 0. The normalized spacial score (nSPS) is 13.1. The molecule has 0 radical (unpaired) electrons. The number of hydrogen-bond donors (Lipinski definition) is 0. The topological polar surface area (TPSA) is 25.3 Å². The molecule has 46 heavy (non-hydrogen) atoms. The van der Waals surface area contributed by atoms with Gasteiger partial charge in [-0.2, -0.15) is 0 Å². The van der Waals surface area contributed by atoms with Crippen molar-refractivity contribution in [2.24, 2.45) is 0 Å².